The molecule has 3 nitrogen and oxygen atoms in total. The highest BCUT2D eigenvalue weighted by Crippen LogP contribution is 2.34. The van der Waals surface area contributed by atoms with Gasteiger partial charge in [0.2, 0.25) is 0 Å². The van der Waals surface area contributed by atoms with Crippen molar-refractivity contribution in [3.8, 4) is 0 Å². The van der Waals surface area contributed by atoms with Gasteiger partial charge in [-0.3, -0.25) is 0 Å². The molecule has 0 aliphatic carbocycles. The monoisotopic (exact) mass is 295 g/mol. The van der Waals surface area contributed by atoms with Crippen molar-refractivity contribution in [3.63, 3.8) is 0 Å². The van der Waals surface area contributed by atoms with Crippen molar-refractivity contribution >= 4 is 34.5 Å². The summed E-state index contributed by atoms with van der Waals surface area (Å²) in [6.07, 6.45) is 0.124. The van der Waals surface area contributed by atoms with Crippen molar-refractivity contribution in [2.24, 2.45) is 0 Å². The first-order chi connectivity index (χ1) is 8.16. The molecule has 1 saturated heterocycles. The molecule has 0 bridgehead atoms. The lowest BCUT2D eigenvalue weighted by Crippen LogP contribution is -2.38. The predicted molar refractivity (Wildman–Crippen MR) is 71.3 cm³/mol. The van der Waals surface area contributed by atoms with Gasteiger partial charge in [0.05, 0.1) is 34.6 Å². The Labute approximate surface area is 115 Å². The van der Waals surface area contributed by atoms with Crippen LogP contribution in [0.3, 0.4) is 0 Å². The summed E-state index contributed by atoms with van der Waals surface area (Å²) in [7, 11) is 0. The van der Waals surface area contributed by atoms with E-state index < -0.39 is 0 Å². The molecule has 6 heteroatoms. The van der Waals surface area contributed by atoms with Crippen LogP contribution >= 0.6 is 34.5 Å². The molecule has 0 amide bonds. The lowest BCUT2D eigenvalue weighted by molar-refractivity contribution is -0.0869. The molecule has 0 saturated carbocycles. The molecule has 96 valence electrons. The Morgan fingerprint density at radius 2 is 2.35 bits per heavy atom. The van der Waals surface area contributed by atoms with Gasteiger partial charge in [0.1, 0.15) is 0 Å². The van der Waals surface area contributed by atoms with E-state index in [1.165, 1.54) is 11.3 Å². The first-order valence-corrected chi connectivity index (χ1v) is 7.11. The fraction of sp³-hybridized carbons (Fsp3) is 0.636. The number of rotatable bonds is 4. The van der Waals surface area contributed by atoms with Gasteiger partial charge in [0.15, 0.2) is 0 Å². The lowest BCUT2D eigenvalue weighted by Gasteiger charge is -2.24. The van der Waals surface area contributed by atoms with Crippen molar-refractivity contribution < 1.29 is 9.47 Å². The lowest BCUT2D eigenvalue weighted by atomic mass is 10.2. The summed E-state index contributed by atoms with van der Waals surface area (Å²) in [5.41, 5.74) is 1.04. The maximum Gasteiger partial charge on any atom is 0.0991 e. The van der Waals surface area contributed by atoms with E-state index in [2.05, 4.69) is 12.2 Å². The fourth-order valence-electron chi connectivity index (χ4n) is 1.72. The average molecular weight is 296 g/mol. The molecule has 1 fully saturated rings. The molecule has 2 rings (SSSR count). The van der Waals surface area contributed by atoms with Gasteiger partial charge in [-0.25, -0.2) is 0 Å². The molecule has 1 aliphatic rings. The summed E-state index contributed by atoms with van der Waals surface area (Å²) in [5.74, 6) is 0. The average Bonchev–Trinajstić information content (AvgIpc) is 2.67. The molecular weight excluding hydrogens is 281 g/mol. The van der Waals surface area contributed by atoms with Crippen LogP contribution in [0, 0.1) is 0 Å². The highest BCUT2D eigenvalue weighted by Gasteiger charge is 2.17. The molecule has 2 unspecified atom stereocenters. The second-order valence-corrected chi connectivity index (χ2v) is 6.26. The highest BCUT2D eigenvalue weighted by atomic mass is 35.5. The Kier molecular flexibility index (Phi) is 5.09. The summed E-state index contributed by atoms with van der Waals surface area (Å²) < 4.78 is 12.4. The van der Waals surface area contributed by atoms with E-state index in [1.54, 1.807) is 0 Å². The van der Waals surface area contributed by atoms with E-state index in [-0.39, 0.29) is 12.1 Å². The molecular formula is C11H15Cl2NO2S. The minimum absolute atomic E-state index is 0.124. The van der Waals surface area contributed by atoms with Crippen molar-refractivity contribution in [2.75, 3.05) is 26.4 Å². The molecule has 0 aromatic carbocycles. The van der Waals surface area contributed by atoms with Crippen molar-refractivity contribution in [2.45, 2.75) is 19.1 Å². The molecule has 17 heavy (non-hydrogen) atoms. The molecule has 0 radical (unpaired) electrons. The summed E-state index contributed by atoms with van der Waals surface area (Å²) in [5, 5.41) is 3.38. The summed E-state index contributed by atoms with van der Waals surface area (Å²) >= 11 is 13.4. The van der Waals surface area contributed by atoms with Crippen molar-refractivity contribution in [1.29, 1.82) is 0 Å². The van der Waals surface area contributed by atoms with Crippen molar-refractivity contribution in [1.82, 2.24) is 5.32 Å². The standard InChI is InChI=1S/C11H15Cl2NO2S/c1-7(9-4-10(12)17-11(9)13)14-5-8-6-15-2-3-16-8/h4,7-8,14H,2-3,5-6H2,1H3. The first kappa shape index (κ1) is 13.6. The first-order valence-electron chi connectivity index (χ1n) is 5.54. The topological polar surface area (TPSA) is 30.5 Å². The van der Waals surface area contributed by atoms with Gasteiger partial charge in [-0.1, -0.05) is 23.2 Å². The fourth-order valence-corrected chi connectivity index (χ4v) is 3.37. The summed E-state index contributed by atoms with van der Waals surface area (Å²) in [6.45, 7) is 4.83. The number of hydrogen-bond acceptors (Lipinski definition) is 4. The zero-order valence-electron chi connectivity index (χ0n) is 9.54. The van der Waals surface area contributed by atoms with E-state index in [9.17, 15) is 0 Å². The number of halogens is 2. The van der Waals surface area contributed by atoms with Crippen molar-refractivity contribution in [3.05, 3.63) is 20.3 Å². The highest BCUT2D eigenvalue weighted by molar-refractivity contribution is 7.20. The molecule has 1 aromatic heterocycles. The quantitative estimate of drug-likeness (QED) is 0.926. The van der Waals surface area contributed by atoms with Crippen LogP contribution in [0.1, 0.15) is 18.5 Å². The Morgan fingerprint density at radius 3 is 2.94 bits per heavy atom. The molecule has 1 N–H and O–H groups in total. The Morgan fingerprint density at radius 1 is 1.53 bits per heavy atom. The van der Waals surface area contributed by atoms with Gasteiger partial charge in [0, 0.05) is 12.6 Å². The van der Waals surface area contributed by atoms with Gasteiger partial charge in [-0.15, -0.1) is 11.3 Å². The Balaban J connectivity index is 1.84. The van der Waals surface area contributed by atoms with Gasteiger partial charge < -0.3 is 14.8 Å². The maximum absolute atomic E-state index is 6.10. The summed E-state index contributed by atoms with van der Waals surface area (Å²) in [6, 6.07) is 2.07. The van der Waals surface area contributed by atoms with Gasteiger partial charge >= 0.3 is 0 Å². The number of hydrogen-bond donors (Lipinski definition) is 1. The van der Waals surface area contributed by atoms with Crippen LogP contribution in [0.15, 0.2) is 6.07 Å². The van der Waals surface area contributed by atoms with E-state index in [1.807, 2.05) is 6.07 Å². The Hall–Kier alpha value is 0.160. The predicted octanol–water partition coefficient (Wildman–Crippen LogP) is 3.12. The minimum atomic E-state index is 0.124. The van der Waals surface area contributed by atoms with Crippen LogP contribution in [0.25, 0.3) is 0 Å². The molecule has 0 spiro atoms. The molecule has 2 atom stereocenters. The largest absolute Gasteiger partial charge is 0.376 e. The Bertz CT molecular complexity index is 366. The summed E-state index contributed by atoms with van der Waals surface area (Å²) in [4.78, 5) is 0. The number of ether oxygens (including phenoxy) is 2. The number of nitrogens with one attached hydrogen (secondary N) is 1. The zero-order chi connectivity index (χ0) is 12.3. The third kappa shape index (κ3) is 3.81. The zero-order valence-corrected chi connectivity index (χ0v) is 11.9. The van der Waals surface area contributed by atoms with Gasteiger partial charge in [0.25, 0.3) is 0 Å². The molecule has 1 aromatic rings. The van der Waals surface area contributed by atoms with Gasteiger partial charge in [-0.05, 0) is 18.6 Å². The maximum atomic E-state index is 6.10. The second kappa shape index (κ2) is 6.36. The molecule has 1 aliphatic heterocycles. The minimum Gasteiger partial charge on any atom is -0.376 e. The van der Waals surface area contributed by atoms with E-state index in [0.29, 0.717) is 19.8 Å². The van der Waals surface area contributed by atoms with Crippen LogP contribution in [0.4, 0.5) is 0 Å². The normalized spacial score (nSPS) is 22.6. The van der Waals surface area contributed by atoms with E-state index in [4.69, 9.17) is 32.7 Å². The smallest absolute Gasteiger partial charge is 0.0991 e. The third-order valence-electron chi connectivity index (χ3n) is 2.69. The van der Waals surface area contributed by atoms with Gasteiger partial charge in [-0.2, -0.15) is 0 Å². The second-order valence-electron chi connectivity index (χ2n) is 3.98. The van der Waals surface area contributed by atoms with Crippen LogP contribution in [0.2, 0.25) is 8.67 Å². The molecule has 2 heterocycles. The SMILES string of the molecule is CC(NCC1COCCO1)c1cc(Cl)sc1Cl. The van der Waals surface area contributed by atoms with E-state index >= 15 is 0 Å². The third-order valence-corrected chi connectivity index (χ3v) is 4.20. The van der Waals surface area contributed by atoms with Crippen LogP contribution in [0.5, 0.6) is 0 Å². The number of thiophene rings is 1. The van der Waals surface area contributed by atoms with Crippen LogP contribution < -0.4 is 5.32 Å². The van der Waals surface area contributed by atoms with Crippen LogP contribution in [-0.4, -0.2) is 32.5 Å². The van der Waals surface area contributed by atoms with E-state index in [0.717, 1.165) is 20.8 Å². The van der Waals surface area contributed by atoms with Crippen LogP contribution in [-0.2, 0) is 9.47 Å².